The van der Waals surface area contributed by atoms with Crippen molar-refractivity contribution in [2.45, 2.75) is 24.7 Å². The molecule has 1 aliphatic rings. The molecule has 11 nitrogen and oxygen atoms in total. The van der Waals surface area contributed by atoms with Gasteiger partial charge in [-0.1, -0.05) is 18.9 Å². The van der Waals surface area contributed by atoms with E-state index in [-0.39, 0.29) is 28.0 Å². The second kappa shape index (κ2) is 10.3. The lowest BCUT2D eigenvalue weighted by Gasteiger charge is -2.32. The van der Waals surface area contributed by atoms with Gasteiger partial charge in [0, 0.05) is 38.8 Å². The van der Waals surface area contributed by atoms with Crippen molar-refractivity contribution in [3.8, 4) is 34.6 Å². The first-order valence-corrected chi connectivity index (χ1v) is 13.1. The first-order chi connectivity index (χ1) is 17.1. The fourth-order valence-electron chi connectivity index (χ4n) is 4.07. The third-order valence-electron chi connectivity index (χ3n) is 6.25. The Morgan fingerprint density at radius 3 is 2.28 bits per heavy atom. The molecule has 0 spiro atoms. The molecule has 12 heteroatoms. The number of phenols is 2. The predicted octanol–water partition coefficient (Wildman–Crippen LogP) is 2.05. The minimum absolute atomic E-state index is 0.0109. The number of nitrogens with zero attached hydrogens (tertiary/aromatic N) is 5. The van der Waals surface area contributed by atoms with Gasteiger partial charge in [0.1, 0.15) is 23.9 Å². The van der Waals surface area contributed by atoms with Crippen LogP contribution in [0.15, 0.2) is 41.3 Å². The zero-order valence-electron chi connectivity index (χ0n) is 20.5. The standard InChI is InChI=1S/C24H31N5O6S/c1-16(2)19-14-20(22(31)15-21(19)30)23-25-26-24(32)29(23)36(33,34)18-6-4-17(5-7-18)35-13-12-28-10-8-27(3)9-11-28/h4-7,14-16,30-31H,8-13H2,1-3H3,(H,26,32). The van der Waals surface area contributed by atoms with E-state index >= 15 is 0 Å². The van der Waals surface area contributed by atoms with E-state index in [1.807, 2.05) is 13.8 Å². The molecule has 1 aromatic heterocycles. The summed E-state index contributed by atoms with van der Waals surface area (Å²) in [6.45, 7) is 8.93. The van der Waals surface area contributed by atoms with Crippen LogP contribution in [-0.4, -0.2) is 94.1 Å². The molecule has 0 aliphatic carbocycles. The van der Waals surface area contributed by atoms with Crippen molar-refractivity contribution in [2.24, 2.45) is 0 Å². The topological polar surface area (TPSA) is 141 Å². The van der Waals surface area contributed by atoms with Crippen LogP contribution in [0.1, 0.15) is 25.3 Å². The zero-order chi connectivity index (χ0) is 26.0. The number of ether oxygens (including phenoxy) is 1. The molecule has 0 radical (unpaired) electrons. The molecular formula is C24H31N5O6S. The maximum absolute atomic E-state index is 13.4. The summed E-state index contributed by atoms with van der Waals surface area (Å²) >= 11 is 0. The fourth-order valence-corrected chi connectivity index (χ4v) is 5.37. The predicted molar refractivity (Wildman–Crippen MR) is 133 cm³/mol. The van der Waals surface area contributed by atoms with Gasteiger partial charge in [-0.25, -0.2) is 8.42 Å². The third-order valence-corrected chi connectivity index (χ3v) is 7.94. The van der Waals surface area contributed by atoms with Gasteiger partial charge in [-0.2, -0.15) is 3.97 Å². The number of piperazine rings is 1. The number of benzene rings is 2. The van der Waals surface area contributed by atoms with Gasteiger partial charge in [-0.3, -0.25) is 4.90 Å². The highest BCUT2D eigenvalue weighted by atomic mass is 32.2. The van der Waals surface area contributed by atoms with Crippen molar-refractivity contribution >= 4 is 10.0 Å². The number of aromatic nitrogens is 3. The van der Waals surface area contributed by atoms with Gasteiger partial charge in [0.2, 0.25) is 0 Å². The van der Waals surface area contributed by atoms with E-state index in [0.717, 1.165) is 38.8 Å². The fraction of sp³-hybridized carbons (Fsp3) is 0.417. The van der Waals surface area contributed by atoms with Crippen LogP contribution in [0.4, 0.5) is 0 Å². The molecule has 0 amide bonds. The molecule has 4 rings (SSSR count). The number of likely N-dealkylation sites (N-methyl/N-ethyl adjacent to an activating group) is 1. The second-order valence-electron chi connectivity index (χ2n) is 9.14. The normalized spacial score (nSPS) is 15.4. The van der Waals surface area contributed by atoms with Crippen LogP contribution in [0, 0.1) is 0 Å². The zero-order valence-corrected chi connectivity index (χ0v) is 21.3. The van der Waals surface area contributed by atoms with Crippen molar-refractivity contribution in [1.82, 2.24) is 24.0 Å². The number of hydrogen-bond donors (Lipinski definition) is 3. The van der Waals surface area contributed by atoms with Crippen LogP contribution in [0.5, 0.6) is 23.3 Å². The lowest BCUT2D eigenvalue weighted by Crippen LogP contribution is -2.45. The van der Waals surface area contributed by atoms with Crippen LogP contribution in [0.2, 0.25) is 0 Å². The van der Waals surface area contributed by atoms with Crippen molar-refractivity contribution in [2.75, 3.05) is 46.4 Å². The first kappa shape index (κ1) is 25.7. The molecule has 0 atom stereocenters. The van der Waals surface area contributed by atoms with Crippen molar-refractivity contribution < 1.29 is 28.5 Å². The Morgan fingerprint density at radius 2 is 1.64 bits per heavy atom. The van der Waals surface area contributed by atoms with Gasteiger partial charge >= 0.3 is 6.01 Å². The molecule has 1 aliphatic heterocycles. The van der Waals surface area contributed by atoms with E-state index in [2.05, 4.69) is 27.0 Å². The van der Waals surface area contributed by atoms with Crippen LogP contribution in [-0.2, 0) is 10.0 Å². The van der Waals surface area contributed by atoms with E-state index in [4.69, 9.17) is 4.74 Å². The second-order valence-corrected chi connectivity index (χ2v) is 10.9. The van der Waals surface area contributed by atoms with E-state index in [9.17, 15) is 23.7 Å². The van der Waals surface area contributed by atoms with Crippen molar-refractivity contribution in [1.29, 1.82) is 0 Å². The summed E-state index contributed by atoms with van der Waals surface area (Å²) in [5.74, 6) is -0.402. The summed E-state index contributed by atoms with van der Waals surface area (Å²) in [5, 5.41) is 38.1. The number of aromatic hydroxyl groups is 3. The maximum atomic E-state index is 13.4. The van der Waals surface area contributed by atoms with Crippen molar-refractivity contribution in [3.05, 3.63) is 42.0 Å². The average molecular weight is 518 g/mol. The van der Waals surface area contributed by atoms with Gasteiger partial charge in [0.05, 0.1) is 10.5 Å². The molecule has 3 N–H and O–H groups in total. The monoisotopic (exact) mass is 517 g/mol. The number of phenolic OH excluding ortho intramolecular Hbond substituents is 2. The Hall–Kier alpha value is -3.35. The summed E-state index contributed by atoms with van der Waals surface area (Å²) in [6.07, 6.45) is 0. The highest BCUT2D eigenvalue weighted by Crippen LogP contribution is 2.39. The molecule has 2 heterocycles. The number of rotatable bonds is 8. The molecule has 3 aromatic rings. The molecule has 1 saturated heterocycles. The summed E-state index contributed by atoms with van der Waals surface area (Å²) in [5.41, 5.74) is 0.490. The Morgan fingerprint density at radius 1 is 0.972 bits per heavy atom. The minimum Gasteiger partial charge on any atom is -0.508 e. The van der Waals surface area contributed by atoms with E-state index in [1.54, 1.807) is 12.1 Å². The lowest BCUT2D eigenvalue weighted by atomic mass is 9.98. The van der Waals surface area contributed by atoms with Gasteiger partial charge in [-0.15, -0.1) is 5.10 Å². The Labute approximate surface area is 210 Å². The van der Waals surface area contributed by atoms with Gasteiger partial charge in [-0.05, 0) is 48.9 Å². The van der Waals surface area contributed by atoms with E-state index in [0.29, 0.717) is 21.9 Å². The van der Waals surface area contributed by atoms with Crippen molar-refractivity contribution in [3.63, 3.8) is 0 Å². The molecule has 194 valence electrons. The lowest BCUT2D eigenvalue weighted by molar-refractivity contribution is 0.133. The Balaban J connectivity index is 1.55. The molecule has 2 aromatic carbocycles. The molecule has 1 fully saturated rings. The summed E-state index contributed by atoms with van der Waals surface area (Å²) in [6, 6.07) is 7.54. The van der Waals surface area contributed by atoms with Crippen LogP contribution in [0.3, 0.4) is 0 Å². The average Bonchev–Trinajstić information content (AvgIpc) is 3.22. The Bertz CT molecular complexity index is 1320. The van der Waals surface area contributed by atoms with Crippen LogP contribution in [0.25, 0.3) is 11.4 Å². The third kappa shape index (κ3) is 5.25. The summed E-state index contributed by atoms with van der Waals surface area (Å²) in [7, 11) is -2.23. The Kier molecular flexibility index (Phi) is 7.38. The summed E-state index contributed by atoms with van der Waals surface area (Å²) < 4.78 is 33.2. The van der Waals surface area contributed by atoms with Gasteiger partial charge < -0.3 is 25.0 Å². The smallest absolute Gasteiger partial charge is 0.329 e. The van der Waals surface area contributed by atoms with E-state index < -0.39 is 21.8 Å². The largest absolute Gasteiger partial charge is 0.508 e. The van der Waals surface area contributed by atoms with E-state index in [1.165, 1.54) is 18.2 Å². The van der Waals surface area contributed by atoms with Gasteiger partial charge in [0.25, 0.3) is 10.0 Å². The first-order valence-electron chi connectivity index (χ1n) is 11.7. The molecular weight excluding hydrogens is 486 g/mol. The SMILES string of the molecule is CC(C)c1cc(-c2nnc(O)n2S(=O)(=O)c2ccc(OCCN3CCN(C)CC3)cc2)c(O)cc1O. The molecule has 0 unspecified atom stereocenters. The quantitative estimate of drug-likeness (QED) is 0.406. The van der Waals surface area contributed by atoms with Crippen LogP contribution < -0.4 is 4.74 Å². The molecule has 0 bridgehead atoms. The number of hydrogen-bond acceptors (Lipinski definition) is 10. The summed E-state index contributed by atoms with van der Waals surface area (Å²) in [4.78, 5) is 4.48. The minimum atomic E-state index is -4.33. The molecule has 36 heavy (non-hydrogen) atoms. The maximum Gasteiger partial charge on any atom is 0.329 e. The highest BCUT2D eigenvalue weighted by molar-refractivity contribution is 7.90. The molecule has 0 saturated carbocycles. The van der Waals surface area contributed by atoms with Crippen LogP contribution >= 0.6 is 0 Å². The van der Waals surface area contributed by atoms with Gasteiger partial charge in [0.15, 0.2) is 5.82 Å². The highest BCUT2D eigenvalue weighted by Gasteiger charge is 2.29.